The Hall–Kier alpha value is -3.60. The minimum atomic E-state index is -0.755. The molecule has 10 nitrogen and oxygen atoms in total. The van der Waals surface area contributed by atoms with Crippen LogP contribution in [0.2, 0.25) is 0 Å². The van der Waals surface area contributed by atoms with Crippen LogP contribution in [0, 0.1) is 6.92 Å². The molecule has 0 saturated carbocycles. The van der Waals surface area contributed by atoms with Crippen LogP contribution in [0.3, 0.4) is 0 Å². The van der Waals surface area contributed by atoms with Gasteiger partial charge in [-0.1, -0.05) is 17.4 Å². The van der Waals surface area contributed by atoms with Crippen molar-refractivity contribution in [2.24, 2.45) is 0 Å². The molecule has 11 heteroatoms. The molecule has 0 atom stereocenters. The molecule has 0 aliphatic rings. The van der Waals surface area contributed by atoms with Gasteiger partial charge in [0.05, 0.1) is 17.9 Å². The minimum Gasteiger partial charge on any atom is -0.344 e. The Kier molecular flexibility index (Phi) is 5.69. The summed E-state index contributed by atoms with van der Waals surface area (Å²) in [5.41, 5.74) is -0.692. The zero-order chi connectivity index (χ0) is 21.1. The fourth-order valence-electron chi connectivity index (χ4n) is 2.49. The summed E-state index contributed by atoms with van der Waals surface area (Å²) in [5.74, 6) is -0.971. The highest BCUT2D eigenvalue weighted by Gasteiger charge is 2.20. The second kappa shape index (κ2) is 8.19. The van der Waals surface area contributed by atoms with Crippen LogP contribution in [0.1, 0.15) is 31.4 Å². The Morgan fingerprint density at radius 1 is 1.28 bits per heavy atom. The van der Waals surface area contributed by atoms with Crippen LogP contribution in [0.25, 0.3) is 0 Å². The molecule has 3 heterocycles. The van der Waals surface area contributed by atoms with Crippen molar-refractivity contribution >= 4 is 28.3 Å². The summed E-state index contributed by atoms with van der Waals surface area (Å²) in [4.78, 5) is 61.9. The lowest BCUT2D eigenvalue weighted by Crippen LogP contribution is -2.39. The van der Waals surface area contributed by atoms with Crippen LogP contribution in [0.4, 0.5) is 5.13 Å². The molecule has 29 heavy (non-hydrogen) atoms. The standard InChI is InChI=1S/C18H18N6O4S/c1-10-13(16(27)23(2)3)29-17(21-10)22-14(25)12-8-20-18(28)24(15(12)26)9-11-6-4-5-7-19-11/h4-8H,9H2,1-3H3,(H,20,28)(H,21,22,25). The number of anilines is 1. The number of thiazole rings is 1. The number of hydrogen-bond donors (Lipinski definition) is 2. The summed E-state index contributed by atoms with van der Waals surface area (Å²) in [6, 6.07) is 5.11. The number of aromatic amines is 1. The Balaban J connectivity index is 1.88. The van der Waals surface area contributed by atoms with E-state index in [0.29, 0.717) is 16.3 Å². The van der Waals surface area contributed by atoms with E-state index in [-0.39, 0.29) is 23.1 Å². The number of H-pyrrole nitrogens is 1. The van der Waals surface area contributed by atoms with Crippen molar-refractivity contribution in [2.45, 2.75) is 13.5 Å². The van der Waals surface area contributed by atoms with Crippen molar-refractivity contribution in [3.05, 3.63) is 73.3 Å². The van der Waals surface area contributed by atoms with Crippen LogP contribution >= 0.6 is 11.3 Å². The van der Waals surface area contributed by atoms with E-state index in [2.05, 4.69) is 20.3 Å². The Bertz CT molecular complexity index is 1180. The molecule has 0 aliphatic carbocycles. The van der Waals surface area contributed by atoms with Crippen LogP contribution in [-0.4, -0.2) is 50.3 Å². The van der Waals surface area contributed by atoms with Crippen molar-refractivity contribution in [2.75, 3.05) is 19.4 Å². The average molecular weight is 414 g/mol. The lowest BCUT2D eigenvalue weighted by Gasteiger charge is -2.08. The van der Waals surface area contributed by atoms with Gasteiger partial charge in [0.1, 0.15) is 10.4 Å². The third-order valence-corrected chi connectivity index (χ3v) is 5.03. The molecular formula is C18H18N6O4S. The number of nitrogens with zero attached hydrogens (tertiary/aromatic N) is 4. The molecular weight excluding hydrogens is 396 g/mol. The summed E-state index contributed by atoms with van der Waals surface area (Å²) in [6.07, 6.45) is 2.60. The van der Waals surface area contributed by atoms with Gasteiger partial charge in [-0.3, -0.25) is 29.3 Å². The summed E-state index contributed by atoms with van der Waals surface area (Å²) in [6.45, 7) is 1.58. The smallest absolute Gasteiger partial charge is 0.328 e. The molecule has 0 unspecified atom stereocenters. The van der Waals surface area contributed by atoms with Gasteiger partial charge in [0.15, 0.2) is 5.13 Å². The van der Waals surface area contributed by atoms with Gasteiger partial charge >= 0.3 is 5.69 Å². The van der Waals surface area contributed by atoms with Gasteiger partial charge in [-0.05, 0) is 19.1 Å². The summed E-state index contributed by atoms with van der Waals surface area (Å²) < 4.78 is 0.894. The zero-order valence-electron chi connectivity index (χ0n) is 15.9. The molecule has 0 fully saturated rings. The number of hydrogen-bond acceptors (Lipinski definition) is 7. The SMILES string of the molecule is Cc1nc(NC(=O)c2c[nH]c(=O)n(Cc3ccccn3)c2=O)sc1C(=O)N(C)C. The Morgan fingerprint density at radius 2 is 2.03 bits per heavy atom. The quantitative estimate of drug-likeness (QED) is 0.632. The Morgan fingerprint density at radius 3 is 2.69 bits per heavy atom. The number of nitrogens with one attached hydrogen (secondary N) is 2. The van der Waals surface area contributed by atoms with Crippen molar-refractivity contribution in [3.63, 3.8) is 0 Å². The summed E-state index contributed by atoms with van der Waals surface area (Å²) >= 11 is 1.01. The van der Waals surface area contributed by atoms with E-state index in [4.69, 9.17) is 0 Å². The highest BCUT2D eigenvalue weighted by molar-refractivity contribution is 7.17. The first-order chi connectivity index (χ1) is 13.8. The van der Waals surface area contributed by atoms with Crippen LogP contribution in [-0.2, 0) is 6.54 Å². The number of rotatable bonds is 5. The number of carbonyl (C=O) groups excluding carboxylic acids is 2. The predicted molar refractivity (Wildman–Crippen MR) is 107 cm³/mol. The number of amides is 2. The van der Waals surface area contributed by atoms with E-state index >= 15 is 0 Å². The molecule has 3 rings (SSSR count). The fourth-order valence-corrected chi connectivity index (χ4v) is 3.47. The molecule has 3 aromatic heterocycles. The first-order valence-corrected chi connectivity index (χ1v) is 9.32. The minimum absolute atomic E-state index is 0.0754. The van der Waals surface area contributed by atoms with Crippen molar-refractivity contribution in [1.82, 2.24) is 24.4 Å². The monoisotopic (exact) mass is 414 g/mol. The first kappa shape index (κ1) is 20.1. The average Bonchev–Trinajstić information content (AvgIpc) is 3.05. The molecule has 0 spiro atoms. The maximum atomic E-state index is 12.7. The molecule has 0 aromatic carbocycles. The highest BCUT2D eigenvalue weighted by atomic mass is 32.1. The van der Waals surface area contributed by atoms with Crippen LogP contribution < -0.4 is 16.6 Å². The predicted octanol–water partition coefficient (Wildman–Crippen LogP) is 0.699. The maximum Gasteiger partial charge on any atom is 0.328 e. The van der Waals surface area contributed by atoms with Gasteiger partial charge in [0.2, 0.25) is 0 Å². The number of pyridine rings is 1. The lowest BCUT2D eigenvalue weighted by molar-refractivity contribution is 0.0831. The van der Waals surface area contributed by atoms with E-state index < -0.39 is 17.2 Å². The molecule has 0 aliphatic heterocycles. The highest BCUT2D eigenvalue weighted by Crippen LogP contribution is 2.23. The Labute approximate surface area is 168 Å². The van der Waals surface area contributed by atoms with E-state index in [1.807, 2.05) is 0 Å². The number of carbonyl (C=O) groups is 2. The van der Waals surface area contributed by atoms with Gasteiger partial charge in [0, 0.05) is 26.5 Å². The van der Waals surface area contributed by atoms with E-state index in [1.165, 1.54) is 4.90 Å². The third-order valence-electron chi connectivity index (χ3n) is 3.97. The topological polar surface area (TPSA) is 130 Å². The lowest BCUT2D eigenvalue weighted by atomic mass is 10.3. The van der Waals surface area contributed by atoms with Crippen LogP contribution in [0.15, 0.2) is 40.2 Å². The first-order valence-electron chi connectivity index (χ1n) is 8.50. The van der Waals surface area contributed by atoms with Crippen LogP contribution in [0.5, 0.6) is 0 Å². The molecule has 0 saturated heterocycles. The summed E-state index contributed by atoms with van der Waals surface area (Å²) in [5, 5.41) is 2.69. The van der Waals surface area contributed by atoms with E-state index in [0.717, 1.165) is 22.1 Å². The fraction of sp³-hybridized carbons (Fsp3) is 0.222. The second-order valence-electron chi connectivity index (χ2n) is 6.31. The van der Waals surface area contributed by atoms with Gasteiger partial charge < -0.3 is 9.88 Å². The van der Waals surface area contributed by atoms with Gasteiger partial charge in [-0.25, -0.2) is 9.78 Å². The molecule has 3 aromatic rings. The third kappa shape index (κ3) is 4.29. The van der Waals surface area contributed by atoms with Gasteiger partial charge in [0.25, 0.3) is 17.4 Å². The molecule has 2 N–H and O–H groups in total. The number of aryl methyl sites for hydroxylation is 1. The zero-order valence-corrected chi connectivity index (χ0v) is 16.7. The normalized spacial score (nSPS) is 10.6. The molecule has 2 amide bonds. The maximum absolute atomic E-state index is 12.7. The molecule has 150 valence electrons. The largest absolute Gasteiger partial charge is 0.344 e. The molecule has 0 bridgehead atoms. The summed E-state index contributed by atoms with van der Waals surface area (Å²) in [7, 11) is 3.23. The van der Waals surface area contributed by atoms with Gasteiger partial charge in [-0.15, -0.1) is 0 Å². The van der Waals surface area contributed by atoms with E-state index in [1.54, 1.807) is 45.4 Å². The van der Waals surface area contributed by atoms with Crippen molar-refractivity contribution in [1.29, 1.82) is 0 Å². The number of aromatic nitrogens is 4. The van der Waals surface area contributed by atoms with E-state index in [9.17, 15) is 19.2 Å². The second-order valence-corrected chi connectivity index (χ2v) is 7.31. The molecule has 0 radical (unpaired) electrons. The van der Waals surface area contributed by atoms with Crippen molar-refractivity contribution < 1.29 is 9.59 Å². The van der Waals surface area contributed by atoms with Crippen molar-refractivity contribution in [3.8, 4) is 0 Å². The van der Waals surface area contributed by atoms with Gasteiger partial charge in [-0.2, -0.15) is 0 Å².